The van der Waals surface area contributed by atoms with Crippen LogP contribution in [0, 0.1) is 18.3 Å². The number of alkyl halides is 3. The second-order valence-electron chi connectivity index (χ2n) is 4.12. The molecule has 1 unspecified atom stereocenters. The summed E-state index contributed by atoms with van der Waals surface area (Å²) in [7, 11) is 0. The van der Waals surface area contributed by atoms with Crippen LogP contribution in [0.5, 0.6) is 0 Å². The lowest BCUT2D eigenvalue weighted by Gasteiger charge is -2.17. The second kappa shape index (κ2) is 4.37. The van der Waals surface area contributed by atoms with Gasteiger partial charge in [-0.3, -0.25) is 4.79 Å². The first kappa shape index (κ1) is 12.5. The molecule has 2 nitrogen and oxygen atoms in total. The summed E-state index contributed by atoms with van der Waals surface area (Å²) in [4.78, 5) is 13.0. The number of amides is 1. The fourth-order valence-electron chi connectivity index (χ4n) is 1.92. The number of terminal acetylenes is 1. The van der Waals surface area contributed by atoms with E-state index in [1.54, 1.807) is 0 Å². The minimum Gasteiger partial charge on any atom is -0.311 e. The van der Waals surface area contributed by atoms with Crippen LogP contribution < -0.4 is 4.90 Å². The van der Waals surface area contributed by atoms with Gasteiger partial charge in [-0.15, -0.1) is 12.3 Å². The molecule has 1 heterocycles. The van der Waals surface area contributed by atoms with Gasteiger partial charge in [0, 0.05) is 24.6 Å². The standard InChI is InChI=1S/C13H10F3NO/c1-2-9-6-12(18)17(8-9)11-5-3-4-10(7-11)13(14,15)16/h1,3-5,7,9H,6,8H2. The minimum atomic E-state index is -4.41. The molecule has 1 aliphatic heterocycles. The maximum atomic E-state index is 12.6. The summed E-state index contributed by atoms with van der Waals surface area (Å²) in [6, 6.07) is 4.71. The molecule has 0 aliphatic carbocycles. The summed E-state index contributed by atoms with van der Waals surface area (Å²) in [6.07, 6.45) is 1.00. The van der Waals surface area contributed by atoms with Crippen LogP contribution in [0.15, 0.2) is 24.3 Å². The van der Waals surface area contributed by atoms with Crippen molar-refractivity contribution in [3.05, 3.63) is 29.8 Å². The van der Waals surface area contributed by atoms with Crippen molar-refractivity contribution in [2.45, 2.75) is 12.6 Å². The molecule has 1 amide bonds. The van der Waals surface area contributed by atoms with Crippen LogP contribution in [-0.4, -0.2) is 12.5 Å². The number of carbonyl (C=O) groups excluding carboxylic acids is 1. The molecule has 1 saturated heterocycles. The lowest BCUT2D eigenvalue weighted by atomic mass is 10.1. The van der Waals surface area contributed by atoms with E-state index in [4.69, 9.17) is 6.42 Å². The molecule has 1 aromatic carbocycles. The first-order chi connectivity index (χ1) is 8.41. The monoisotopic (exact) mass is 253 g/mol. The van der Waals surface area contributed by atoms with E-state index < -0.39 is 11.7 Å². The Bertz CT molecular complexity index is 516. The predicted molar refractivity (Wildman–Crippen MR) is 60.7 cm³/mol. The summed E-state index contributed by atoms with van der Waals surface area (Å²) in [6.45, 7) is 0.274. The average molecular weight is 253 g/mol. The van der Waals surface area contributed by atoms with Crippen molar-refractivity contribution >= 4 is 11.6 Å². The van der Waals surface area contributed by atoms with Gasteiger partial charge >= 0.3 is 6.18 Å². The minimum absolute atomic E-state index is 0.187. The molecule has 94 valence electrons. The van der Waals surface area contributed by atoms with Crippen LogP contribution in [0.1, 0.15) is 12.0 Å². The molecule has 0 bridgehead atoms. The number of hydrogen-bond acceptors (Lipinski definition) is 1. The van der Waals surface area contributed by atoms with Crippen LogP contribution in [0.2, 0.25) is 0 Å². The highest BCUT2D eigenvalue weighted by atomic mass is 19.4. The van der Waals surface area contributed by atoms with Crippen molar-refractivity contribution in [2.24, 2.45) is 5.92 Å². The fraction of sp³-hybridized carbons (Fsp3) is 0.308. The Morgan fingerprint density at radius 2 is 2.11 bits per heavy atom. The van der Waals surface area contributed by atoms with Gasteiger partial charge in [0.15, 0.2) is 0 Å². The predicted octanol–water partition coefficient (Wildman–Crippen LogP) is 2.69. The highest BCUT2D eigenvalue weighted by Crippen LogP contribution is 2.33. The lowest BCUT2D eigenvalue weighted by Crippen LogP contribution is -2.24. The van der Waals surface area contributed by atoms with Crippen LogP contribution in [0.4, 0.5) is 18.9 Å². The topological polar surface area (TPSA) is 20.3 Å². The van der Waals surface area contributed by atoms with Crippen molar-refractivity contribution < 1.29 is 18.0 Å². The summed E-state index contributed by atoms with van der Waals surface area (Å²) < 4.78 is 37.7. The van der Waals surface area contributed by atoms with Crippen molar-refractivity contribution in [1.29, 1.82) is 0 Å². The average Bonchev–Trinajstić information content (AvgIpc) is 2.70. The van der Waals surface area contributed by atoms with E-state index in [2.05, 4.69) is 5.92 Å². The first-order valence-corrected chi connectivity index (χ1v) is 5.35. The molecule has 0 saturated carbocycles. The number of hydrogen-bond donors (Lipinski definition) is 0. The maximum absolute atomic E-state index is 12.6. The zero-order valence-electron chi connectivity index (χ0n) is 9.37. The molecule has 0 spiro atoms. The van der Waals surface area contributed by atoms with E-state index >= 15 is 0 Å². The van der Waals surface area contributed by atoms with E-state index in [1.807, 2.05) is 0 Å². The normalized spacial score (nSPS) is 20.0. The Balaban J connectivity index is 2.30. The molecule has 1 atom stereocenters. The van der Waals surface area contributed by atoms with Gasteiger partial charge in [-0.05, 0) is 18.2 Å². The molecule has 0 N–H and O–H groups in total. The second-order valence-corrected chi connectivity index (χ2v) is 4.12. The SMILES string of the molecule is C#CC1CC(=O)N(c2cccc(C(F)(F)F)c2)C1. The smallest absolute Gasteiger partial charge is 0.311 e. The van der Waals surface area contributed by atoms with Crippen molar-refractivity contribution in [3.8, 4) is 12.3 Å². The number of nitrogens with zero attached hydrogens (tertiary/aromatic N) is 1. The molecular weight excluding hydrogens is 243 g/mol. The molecule has 1 fully saturated rings. The molecule has 18 heavy (non-hydrogen) atoms. The van der Waals surface area contributed by atoms with Crippen LogP contribution >= 0.6 is 0 Å². The third-order valence-corrected chi connectivity index (χ3v) is 2.85. The Kier molecular flexibility index (Phi) is 3.04. The van der Waals surface area contributed by atoms with Crippen molar-refractivity contribution in [3.63, 3.8) is 0 Å². The van der Waals surface area contributed by atoms with E-state index in [-0.39, 0.29) is 30.5 Å². The van der Waals surface area contributed by atoms with Gasteiger partial charge in [-0.2, -0.15) is 13.2 Å². The van der Waals surface area contributed by atoms with E-state index in [1.165, 1.54) is 17.0 Å². The molecule has 1 aliphatic rings. The van der Waals surface area contributed by atoms with Crippen LogP contribution in [0.25, 0.3) is 0 Å². The number of halogens is 3. The van der Waals surface area contributed by atoms with Gasteiger partial charge in [0.05, 0.1) is 5.56 Å². The Labute approximate surface area is 102 Å². The number of rotatable bonds is 1. The van der Waals surface area contributed by atoms with Crippen LogP contribution in [-0.2, 0) is 11.0 Å². The largest absolute Gasteiger partial charge is 0.416 e. The quantitative estimate of drug-likeness (QED) is 0.705. The fourth-order valence-corrected chi connectivity index (χ4v) is 1.92. The molecule has 0 aromatic heterocycles. The van der Waals surface area contributed by atoms with Gasteiger partial charge in [0.2, 0.25) is 5.91 Å². The molecule has 5 heteroatoms. The highest BCUT2D eigenvalue weighted by molar-refractivity contribution is 5.96. The molecule has 1 aromatic rings. The zero-order valence-corrected chi connectivity index (χ0v) is 9.37. The lowest BCUT2D eigenvalue weighted by molar-refractivity contribution is -0.137. The van der Waals surface area contributed by atoms with Crippen LogP contribution in [0.3, 0.4) is 0 Å². The highest BCUT2D eigenvalue weighted by Gasteiger charge is 2.33. The third-order valence-electron chi connectivity index (χ3n) is 2.85. The summed E-state index contributed by atoms with van der Waals surface area (Å²) in [5.74, 6) is 1.99. The van der Waals surface area contributed by atoms with E-state index in [0.29, 0.717) is 0 Å². The van der Waals surface area contributed by atoms with Gasteiger partial charge < -0.3 is 4.90 Å². The Hall–Kier alpha value is -1.96. The van der Waals surface area contributed by atoms with Gasteiger partial charge in [-0.1, -0.05) is 6.07 Å². The zero-order chi connectivity index (χ0) is 13.3. The van der Waals surface area contributed by atoms with Gasteiger partial charge in [0.1, 0.15) is 0 Å². The van der Waals surface area contributed by atoms with E-state index in [9.17, 15) is 18.0 Å². The van der Waals surface area contributed by atoms with Crippen molar-refractivity contribution in [1.82, 2.24) is 0 Å². The summed E-state index contributed by atoms with van der Waals surface area (Å²) >= 11 is 0. The van der Waals surface area contributed by atoms with E-state index in [0.717, 1.165) is 12.1 Å². The number of carbonyl (C=O) groups is 1. The molecular formula is C13H10F3NO. The van der Waals surface area contributed by atoms with Gasteiger partial charge in [0.25, 0.3) is 0 Å². The third kappa shape index (κ3) is 2.33. The summed E-state index contributed by atoms with van der Waals surface area (Å²) in [5, 5.41) is 0. The summed E-state index contributed by atoms with van der Waals surface area (Å²) in [5.41, 5.74) is -0.524. The Morgan fingerprint density at radius 1 is 1.39 bits per heavy atom. The first-order valence-electron chi connectivity index (χ1n) is 5.35. The number of anilines is 1. The number of benzene rings is 1. The molecule has 0 radical (unpaired) electrons. The van der Waals surface area contributed by atoms with Crippen molar-refractivity contribution in [2.75, 3.05) is 11.4 Å². The molecule has 2 rings (SSSR count). The Morgan fingerprint density at radius 3 is 2.67 bits per heavy atom. The van der Waals surface area contributed by atoms with Gasteiger partial charge in [-0.25, -0.2) is 0 Å². The maximum Gasteiger partial charge on any atom is 0.416 e.